The number of carbonyl (C=O) groups is 2. The summed E-state index contributed by atoms with van der Waals surface area (Å²) in [6, 6.07) is 23.8. The van der Waals surface area contributed by atoms with Gasteiger partial charge >= 0.3 is 0 Å². The van der Waals surface area contributed by atoms with Gasteiger partial charge in [-0.25, -0.2) is 0 Å². The van der Waals surface area contributed by atoms with Crippen LogP contribution in [0.3, 0.4) is 0 Å². The summed E-state index contributed by atoms with van der Waals surface area (Å²) in [5.74, 6) is -0.442. The molecule has 1 saturated heterocycles. The average molecular weight is 387 g/mol. The fourth-order valence-corrected chi connectivity index (χ4v) is 3.90. The molecule has 3 N–H and O–H groups in total. The minimum absolute atomic E-state index is 0.0176. The molecule has 0 aromatic heterocycles. The van der Waals surface area contributed by atoms with E-state index in [0.29, 0.717) is 19.6 Å². The summed E-state index contributed by atoms with van der Waals surface area (Å²) in [7, 11) is 0. The Hall–Kier alpha value is -3.18. The largest absolute Gasteiger partial charge is 0.348 e. The number of hydrogen-bond acceptors (Lipinski definition) is 3. The van der Waals surface area contributed by atoms with E-state index in [-0.39, 0.29) is 30.2 Å². The lowest BCUT2D eigenvalue weighted by atomic mass is 10.0. The van der Waals surface area contributed by atoms with Crippen LogP contribution in [0.1, 0.15) is 23.6 Å². The molecule has 5 heteroatoms. The molecule has 2 amide bonds. The molecule has 5 nitrogen and oxygen atoms in total. The van der Waals surface area contributed by atoms with Crippen molar-refractivity contribution in [3.63, 3.8) is 0 Å². The number of amides is 2. The highest BCUT2D eigenvalue weighted by Crippen LogP contribution is 2.23. The van der Waals surface area contributed by atoms with Gasteiger partial charge in [0.15, 0.2) is 0 Å². The SMILES string of the molecule is NCC(NC(=O)C1CC(=O)N(Cc2ccccc2)C1)c1ccc2ccccc2c1. The van der Waals surface area contributed by atoms with Gasteiger partial charge in [-0.2, -0.15) is 0 Å². The van der Waals surface area contributed by atoms with Gasteiger partial charge in [0.1, 0.15) is 0 Å². The van der Waals surface area contributed by atoms with E-state index in [1.165, 1.54) is 0 Å². The zero-order valence-electron chi connectivity index (χ0n) is 16.3. The minimum Gasteiger partial charge on any atom is -0.348 e. The summed E-state index contributed by atoms with van der Waals surface area (Å²) in [6.07, 6.45) is 0.244. The first-order chi connectivity index (χ1) is 14.1. The van der Waals surface area contributed by atoms with Gasteiger partial charge in [0, 0.05) is 26.1 Å². The number of rotatable bonds is 6. The van der Waals surface area contributed by atoms with Gasteiger partial charge in [-0.3, -0.25) is 9.59 Å². The molecule has 1 aliphatic rings. The van der Waals surface area contributed by atoms with Gasteiger partial charge in [0.2, 0.25) is 11.8 Å². The second-order valence-corrected chi connectivity index (χ2v) is 7.56. The highest BCUT2D eigenvalue weighted by Gasteiger charge is 2.35. The zero-order chi connectivity index (χ0) is 20.2. The standard InChI is InChI=1S/C24H25N3O2/c25-14-22(20-11-10-18-8-4-5-9-19(18)12-20)26-24(29)21-13-23(28)27(16-21)15-17-6-2-1-3-7-17/h1-12,21-22H,13-16,25H2,(H,26,29). The Labute approximate surface area is 170 Å². The van der Waals surface area contributed by atoms with Crippen LogP contribution in [-0.4, -0.2) is 29.8 Å². The molecule has 0 bridgehead atoms. The maximum absolute atomic E-state index is 12.8. The maximum Gasteiger partial charge on any atom is 0.225 e. The predicted molar refractivity (Wildman–Crippen MR) is 114 cm³/mol. The van der Waals surface area contributed by atoms with E-state index in [1.807, 2.05) is 60.7 Å². The summed E-state index contributed by atoms with van der Waals surface area (Å²) in [6.45, 7) is 1.28. The van der Waals surface area contributed by atoms with Gasteiger partial charge < -0.3 is 16.0 Å². The lowest BCUT2D eigenvalue weighted by Gasteiger charge is -2.21. The zero-order valence-corrected chi connectivity index (χ0v) is 16.3. The van der Waals surface area contributed by atoms with E-state index in [9.17, 15) is 9.59 Å². The second kappa shape index (κ2) is 8.45. The Morgan fingerprint density at radius 1 is 1.03 bits per heavy atom. The Balaban J connectivity index is 1.42. The van der Waals surface area contributed by atoms with Crippen molar-refractivity contribution in [1.29, 1.82) is 0 Å². The highest BCUT2D eigenvalue weighted by molar-refractivity contribution is 5.89. The number of nitrogens with two attached hydrogens (primary N) is 1. The van der Waals surface area contributed by atoms with Crippen LogP contribution in [0.5, 0.6) is 0 Å². The molecular formula is C24H25N3O2. The van der Waals surface area contributed by atoms with Crippen LogP contribution in [0.15, 0.2) is 72.8 Å². The second-order valence-electron chi connectivity index (χ2n) is 7.56. The van der Waals surface area contributed by atoms with Crippen LogP contribution in [-0.2, 0) is 16.1 Å². The molecule has 2 atom stereocenters. The van der Waals surface area contributed by atoms with Gasteiger partial charge in [0.05, 0.1) is 12.0 Å². The van der Waals surface area contributed by atoms with Crippen molar-refractivity contribution in [2.24, 2.45) is 11.7 Å². The van der Waals surface area contributed by atoms with Crippen LogP contribution in [0.2, 0.25) is 0 Å². The number of likely N-dealkylation sites (tertiary alicyclic amines) is 1. The fraction of sp³-hybridized carbons (Fsp3) is 0.250. The molecule has 3 aromatic rings. The van der Waals surface area contributed by atoms with Gasteiger partial charge in [-0.15, -0.1) is 0 Å². The van der Waals surface area contributed by atoms with E-state index in [4.69, 9.17) is 5.73 Å². The van der Waals surface area contributed by atoms with Crippen LogP contribution in [0.25, 0.3) is 10.8 Å². The number of carbonyl (C=O) groups excluding carboxylic acids is 2. The van der Waals surface area contributed by atoms with E-state index in [1.54, 1.807) is 4.90 Å². The van der Waals surface area contributed by atoms with E-state index in [2.05, 4.69) is 17.4 Å². The van der Waals surface area contributed by atoms with Crippen molar-refractivity contribution in [2.45, 2.75) is 19.0 Å². The summed E-state index contributed by atoms with van der Waals surface area (Å²) in [4.78, 5) is 27.0. The van der Waals surface area contributed by atoms with Gasteiger partial charge in [0.25, 0.3) is 0 Å². The molecule has 148 valence electrons. The first kappa shape index (κ1) is 19.2. The topological polar surface area (TPSA) is 75.4 Å². The Bertz CT molecular complexity index is 1020. The lowest BCUT2D eigenvalue weighted by molar-refractivity contribution is -0.129. The van der Waals surface area contributed by atoms with Crippen molar-refractivity contribution in [3.05, 3.63) is 83.9 Å². The monoisotopic (exact) mass is 387 g/mol. The van der Waals surface area contributed by atoms with Gasteiger partial charge in [-0.05, 0) is 28.0 Å². The van der Waals surface area contributed by atoms with Crippen LogP contribution in [0.4, 0.5) is 0 Å². The summed E-state index contributed by atoms with van der Waals surface area (Å²) in [5.41, 5.74) is 8.00. The fourth-order valence-electron chi connectivity index (χ4n) is 3.90. The number of benzene rings is 3. The number of nitrogens with zero attached hydrogens (tertiary/aromatic N) is 1. The molecule has 4 rings (SSSR count). The van der Waals surface area contributed by atoms with Crippen LogP contribution in [0, 0.1) is 5.92 Å². The third-order valence-corrected chi connectivity index (χ3v) is 5.53. The highest BCUT2D eigenvalue weighted by atomic mass is 16.2. The summed E-state index contributed by atoms with van der Waals surface area (Å²) < 4.78 is 0. The van der Waals surface area contributed by atoms with E-state index < -0.39 is 0 Å². The quantitative estimate of drug-likeness (QED) is 0.683. The number of fused-ring (bicyclic) bond motifs is 1. The van der Waals surface area contributed by atoms with Crippen molar-refractivity contribution >= 4 is 22.6 Å². The number of nitrogens with one attached hydrogen (secondary N) is 1. The molecule has 1 fully saturated rings. The Kier molecular flexibility index (Phi) is 5.58. The molecule has 0 spiro atoms. The molecular weight excluding hydrogens is 362 g/mol. The number of hydrogen-bond donors (Lipinski definition) is 2. The molecule has 3 aromatic carbocycles. The van der Waals surface area contributed by atoms with E-state index >= 15 is 0 Å². The molecule has 29 heavy (non-hydrogen) atoms. The Morgan fingerprint density at radius 2 is 1.76 bits per heavy atom. The van der Waals surface area contributed by atoms with Crippen molar-refractivity contribution in [1.82, 2.24) is 10.2 Å². The Morgan fingerprint density at radius 3 is 2.52 bits per heavy atom. The lowest BCUT2D eigenvalue weighted by Crippen LogP contribution is -2.38. The maximum atomic E-state index is 12.8. The predicted octanol–water partition coefficient (Wildman–Crippen LogP) is 3.00. The van der Waals surface area contributed by atoms with E-state index in [0.717, 1.165) is 21.9 Å². The molecule has 0 saturated carbocycles. The van der Waals surface area contributed by atoms with Crippen molar-refractivity contribution in [2.75, 3.05) is 13.1 Å². The molecule has 0 radical (unpaired) electrons. The molecule has 2 unspecified atom stereocenters. The summed E-state index contributed by atoms with van der Waals surface area (Å²) >= 11 is 0. The minimum atomic E-state index is -0.347. The molecule has 0 aliphatic carbocycles. The molecule has 1 aliphatic heterocycles. The van der Waals surface area contributed by atoms with Crippen molar-refractivity contribution < 1.29 is 9.59 Å². The summed E-state index contributed by atoms with van der Waals surface area (Å²) in [5, 5.41) is 5.31. The van der Waals surface area contributed by atoms with Crippen molar-refractivity contribution in [3.8, 4) is 0 Å². The first-order valence-electron chi connectivity index (χ1n) is 9.95. The average Bonchev–Trinajstić information content (AvgIpc) is 3.12. The van der Waals surface area contributed by atoms with Gasteiger partial charge in [-0.1, -0.05) is 66.7 Å². The smallest absolute Gasteiger partial charge is 0.225 e. The van der Waals surface area contributed by atoms with Crippen LogP contribution < -0.4 is 11.1 Å². The molecule has 1 heterocycles. The third kappa shape index (κ3) is 4.30. The normalized spacial score (nSPS) is 17.5. The third-order valence-electron chi connectivity index (χ3n) is 5.53. The van der Waals surface area contributed by atoms with Crippen LogP contribution >= 0.6 is 0 Å². The first-order valence-corrected chi connectivity index (χ1v) is 9.95.